The first-order valence-corrected chi connectivity index (χ1v) is 8.02. The first-order valence-electron chi connectivity index (χ1n) is 7.61. The number of β-amino-alcohol motifs (C(OH)–C–C–N with tert-alkyl or cyclic N) is 1. The number of nitrogens with zero attached hydrogens (tertiary/aromatic N) is 2. The van der Waals surface area contributed by atoms with Gasteiger partial charge in [0.2, 0.25) is 0 Å². The summed E-state index contributed by atoms with van der Waals surface area (Å²) in [6, 6.07) is 10.7. The van der Waals surface area contributed by atoms with Gasteiger partial charge >= 0.3 is 0 Å². The fraction of sp³-hybridized carbons (Fsp3) is 0.562. The molecule has 1 aromatic rings. The fourth-order valence-corrected chi connectivity index (χ4v) is 3.15. The zero-order valence-electron chi connectivity index (χ0n) is 12.4. The maximum Gasteiger partial charge on any atom is 0.0746 e. The van der Waals surface area contributed by atoms with Gasteiger partial charge in [-0.25, -0.2) is 0 Å². The maximum atomic E-state index is 9.09. The molecule has 0 aliphatic carbocycles. The van der Waals surface area contributed by atoms with Crippen LogP contribution in [0.5, 0.6) is 0 Å². The summed E-state index contributed by atoms with van der Waals surface area (Å²) in [4.78, 5) is 5.37. The van der Waals surface area contributed by atoms with Gasteiger partial charge in [-0.05, 0) is 18.5 Å². The predicted octanol–water partition coefficient (Wildman–Crippen LogP) is 1.40. The molecular weight excluding hydrogens is 282 g/mol. The van der Waals surface area contributed by atoms with Crippen molar-refractivity contribution in [2.75, 3.05) is 39.3 Å². The Morgan fingerprint density at radius 3 is 2.62 bits per heavy atom. The lowest BCUT2D eigenvalue weighted by Crippen LogP contribution is -2.36. The van der Waals surface area contributed by atoms with Gasteiger partial charge in [0.25, 0.3) is 0 Å². The minimum Gasteiger partial charge on any atom is -0.395 e. The van der Waals surface area contributed by atoms with Crippen molar-refractivity contribution in [2.24, 2.45) is 5.73 Å². The maximum absolute atomic E-state index is 9.09. The van der Waals surface area contributed by atoms with Crippen LogP contribution < -0.4 is 5.73 Å². The molecule has 0 aromatic heterocycles. The highest BCUT2D eigenvalue weighted by molar-refractivity contribution is 7.80. The van der Waals surface area contributed by atoms with E-state index in [1.54, 1.807) is 0 Å². The molecule has 0 bridgehead atoms. The molecule has 5 heteroatoms. The quantitative estimate of drug-likeness (QED) is 0.778. The second-order valence-electron chi connectivity index (χ2n) is 5.55. The van der Waals surface area contributed by atoms with Gasteiger partial charge in [-0.15, -0.1) is 0 Å². The van der Waals surface area contributed by atoms with E-state index in [2.05, 4.69) is 34.1 Å². The molecular formula is C16H25N3OS. The summed E-state index contributed by atoms with van der Waals surface area (Å²) in [7, 11) is 0. The van der Waals surface area contributed by atoms with E-state index < -0.39 is 0 Å². The third-order valence-corrected chi connectivity index (χ3v) is 4.23. The van der Waals surface area contributed by atoms with Gasteiger partial charge in [0.1, 0.15) is 0 Å². The highest BCUT2D eigenvalue weighted by Crippen LogP contribution is 2.25. The van der Waals surface area contributed by atoms with Crippen molar-refractivity contribution in [3.05, 3.63) is 35.9 Å². The van der Waals surface area contributed by atoms with Gasteiger partial charge in [0.05, 0.1) is 11.6 Å². The van der Waals surface area contributed by atoms with Gasteiger partial charge in [-0.3, -0.25) is 9.80 Å². The Hall–Kier alpha value is -1.01. The van der Waals surface area contributed by atoms with E-state index in [9.17, 15) is 0 Å². The fourth-order valence-electron chi connectivity index (χ4n) is 2.99. The Labute approximate surface area is 132 Å². The Morgan fingerprint density at radius 2 is 1.95 bits per heavy atom. The number of hydrogen-bond donors (Lipinski definition) is 2. The monoisotopic (exact) mass is 307 g/mol. The molecule has 2 rings (SSSR count). The summed E-state index contributed by atoms with van der Waals surface area (Å²) in [6.45, 7) is 5.06. The third-order valence-electron chi connectivity index (χ3n) is 4.06. The lowest BCUT2D eigenvalue weighted by molar-refractivity contribution is 0.182. The Morgan fingerprint density at radius 1 is 1.19 bits per heavy atom. The number of rotatable bonds is 6. The summed E-state index contributed by atoms with van der Waals surface area (Å²) in [6.07, 6.45) is 1.83. The van der Waals surface area contributed by atoms with Crippen LogP contribution in [0.4, 0.5) is 0 Å². The zero-order chi connectivity index (χ0) is 15.1. The molecule has 0 amide bonds. The van der Waals surface area contributed by atoms with Crippen molar-refractivity contribution in [1.82, 2.24) is 9.80 Å². The molecule has 1 unspecified atom stereocenters. The molecule has 0 spiro atoms. The van der Waals surface area contributed by atoms with Crippen LogP contribution in [-0.4, -0.2) is 59.2 Å². The van der Waals surface area contributed by atoms with Crippen molar-refractivity contribution in [1.29, 1.82) is 0 Å². The minimum absolute atomic E-state index is 0.231. The van der Waals surface area contributed by atoms with Crippen molar-refractivity contribution in [3.8, 4) is 0 Å². The van der Waals surface area contributed by atoms with E-state index >= 15 is 0 Å². The topological polar surface area (TPSA) is 52.7 Å². The second kappa shape index (κ2) is 8.44. The molecule has 4 nitrogen and oxygen atoms in total. The molecule has 1 heterocycles. The van der Waals surface area contributed by atoms with Crippen LogP contribution in [0.15, 0.2) is 30.3 Å². The van der Waals surface area contributed by atoms with Crippen LogP contribution in [0, 0.1) is 0 Å². The normalized spacial score (nSPS) is 19.1. The van der Waals surface area contributed by atoms with Gasteiger partial charge in [-0.1, -0.05) is 42.5 Å². The van der Waals surface area contributed by atoms with Gasteiger partial charge in [0.15, 0.2) is 0 Å². The van der Waals surface area contributed by atoms with Crippen molar-refractivity contribution in [2.45, 2.75) is 18.9 Å². The molecule has 21 heavy (non-hydrogen) atoms. The molecule has 1 aliphatic heterocycles. The van der Waals surface area contributed by atoms with Crippen molar-refractivity contribution >= 4 is 17.2 Å². The van der Waals surface area contributed by atoms with E-state index in [-0.39, 0.29) is 12.6 Å². The smallest absolute Gasteiger partial charge is 0.0746 e. The van der Waals surface area contributed by atoms with Gasteiger partial charge < -0.3 is 10.8 Å². The zero-order valence-corrected chi connectivity index (χ0v) is 13.3. The summed E-state index contributed by atoms with van der Waals surface area (Å²) >= 11 is 5.15. The molecule has 3 N–H and O–H groups in total. The van der Waals surface area contributed by atoms with Crippen LogP contribution in [0.1, 0.15) is 24.4 Å². The molecule has 1 fully saturated rings. The third kappa shape index (κ3) is 5.04. The van der Waals surface area contributed by atoms with Crippen LogP contribution >= 0.6 is 12.2 Å². The highest BCUT2D eigenvalue weighted by atomic mass is 32.1. The predicted molar refractivity (Wildman–Crippen MR) is 90.3 cm³/mol. The lowest BCUT2D eigenvalue weighted by Gasteiger charge is -2.31. The molecule has 1 atom stereocenters. The summed E-state index contributed by atoms with van der Waals surface area (Å²) in [5.41, 5.74) is 7.09. The second-order valence-corrected chi connectivity index (χ2v) is 6.08. The number of hydrogen-bond acceptors (Lipinski definition) is 4. The van der Waals surface area contributed by atoms with Crippen LogP contribution in [-0.2, 0) is 0 Å². The van der Waals surface area contributed by atoms with Crippen LogP contribution in [0.3, 0.4) is 0 Å². The number of aliphatic hydroxyl groups excluding tert-OH is 1. The summed E-state index contributed by atoms with van der Waals surface area (Å²) in [5.74, 6) is 0. The summed E-state index contributed by atoms with van der Waals surface area (Å²) in [5, 5.41) is 9.09. The Balaban J connectivity index is 2.08. The minimum atomic E-state index is 0.231. The van der Waals surface area contributed by atoms with Crippen molar-refractivity contribution in [3.63, 3.8) is 0 Å². The number of aliphatic hydroxyl groups is 1. The number of nitrogens with two attached hydrogens (primary N) is 1. The number of thiocarbonyl (C=S) groups is 1. The first-order chi connectivity index (χ1) is 10.2. The Kier molecular flexibility index (Phi) is 6.57. The van der Waals surface area contributed by atoms with Gasteiger partial charge in [-0.2, -0.15) is 0 Å². The van der Waals surface area contributed by atoms with Crippen LogP contribution in [0.25, 0.3) is 0 Å². The molecule has 0 radical (unpaired) electrons. The molecule has 1 aliphatic rings. The number of benzene rings is 1. The van der Waals surface area contributed by atoms with E-state index in [0.29, 0.717) is 4.99 Å². The van der Waals surface area contributed by atoms with E-state index in [1.165, 1.54) is 5.56 Å². The standard InChI is InChI=1S/C16H25N3OS/c17-16(21)13-15(14-5-2-1-3-6-14)19-8-4-7-18(9-10-19)11-12-20/h1-3,5-6,15,20H,4,7-13H2,(H2,17,21). The molecule has 1 saturated heterocycles. The van der Waals surface area contributed by atoms with Crippen LogP contribution in [0.2, 0.25) is 0 Å². The van der Waals surface area contributed by atoms with Gasteiger partial charge in [0, 0.05) is 38.6 Å². The average molecular weight is 307 g/mol. The molecule has 1 aromatic carbocycles. The van der Waals surface area contributed by atoms with E-state index in [1.807, 2.05) is 6.07 Å². The SMILES string of the molecule is NC(=S)CC(c1ccccc1)N1CCCN(CCO)CC1. The largest absolute Gasteiger partial charge is 0.395 e. The highest BCUT2D eigenvalue weighted by Gasteiger charge is 2.23. The van der Waals surface area contributed by atoms with Crippen molar-refractivity contribution < 1.29 is 5.11 Å². The summed E-state index contributed by atoms with van der Waals surface area (Å²) < 4.78 is 0. The molecule has 0 saturated carbocycles. The Bertz CT molecular complexity index is 440. The van der Waals surface area contributed by atoms with E-state index in [4.69, 9.17) is 23.1 Å². The first kappa shape index (κ1) is 16.4. The molecule has 116 valence electrons. The average Bonchev–Trinajstić information content (AvgIpc) is 2.72. The lowest BCUT2D eigenvalue weighted by atomic mass is 10.0. The van der Waals surface area contributed by atoms with E-state index in [0.717, 1.165) is 45.6 Å².